The number of aromatic nitrogens is 2. The number of aromatic amines is 1. The Bertz CT molecular complexity index is 1260. The van der Waals surface area contributed by atoms with Gasteiger partial charge in [-0.1, -0.05) is 36.4 Å². The summed E-state index contributed by atoms with van der Waals surface area (Å²) in [5.41, 5.74) is -0.932. The lowest BCUT2D eigenvalue weighted by atomic mass is 10.0. The van der Waals surface area contributed by atoms with E-state index in [9.17, 15) is 57.1 Å². The van der Waals surface area contributed by atoms with Gasteiger partial charge in [0.25, 0.3) is 0 Å². The van der Waals surface area contributed by atoms with Crippen LogP contribution in [0.15, 0.2) is 60.6 Å². The third-order valence-electron chi connectivity index (χ3n) is 4.65. The van der Waals surface area contributed by atoms with Gasteiger partial charge in [-0.2, -0.15) is 57.1 Å². The maximum Gasteiger partial charge on any atom is 0.471 e. The van der Waals surface area contributed by atoms with Crippen LogP contribution in [0.5, 0.6) is 0 Å². The number of benzene rings is 2. The zero-order valence-electron chi connectivity index (χ0n) is 17.3. The summed E-state index contributed by atoms with van der Waals surface area (Å²) >= 11 is 0. The van der Waals surface area contributed by atoms with Crippen LogP contribution in [0.25, 0.3) is 22.4 Å². The number of para-hydroxylation sites is 2. The highest BCUT2D eigenvalue weighted by atomic mass is 19.4. The Labute approximate surface area is 196 Å². The number of hydrogen-bond acceptors (Lipinski definition) is 3. The second-order valence-electron chi connectivity index (χ2n) is 7.12. The molecule has 3 aromatic rings. The minimum Gasteiger partial charge on any atom is -0.398 e. The van der Waals surface area contributed by atoms with Crippen LogP contribution in [-0.2, 0) is 15.4 Å². The van der Waals surface area contributed by atoms with Crippen molar-refractivity contribution in [3.63, 3.8) is 0 Å². The highest BCUT2D eigenvalue weighted by molar-refractivity contribution is 5.79. The molecule has 0 fully saturated rings. The van der Waals surface area contributed by atoms with Crippen molar-refractivity contribution in [1.29, 1.82) is 0 Å². The van der Waals surface area contributed by atoms with Crippen molar-refractivity contribution in [2.24, 2.45) is 0 Å². The van der Waals surface area contributed by atoms with Gasteiger partial charge in [0.2, 0.25) is 0 Å². The number of hydrogen-bond donors (Lipinski definition) is 1. The van der Waals surface area contributed by atoms with Gasteiger partial charge in [0.05, 0.1) is 11.0 Å². The first-order valence-corrected chi connectivity index (χ1v) is 9.37. The van der Waals surface area contributed by atoms with Crippen molar-refractivity contribution in [3.05, 3.63) is 66.2 Å². The van der Waals surface area contributed by atoms with Crippen LogP contribution in [0.1, 0.15) is 5.56 Å². The summed E-state index contributed by atoms with van der Waals surface area (Å²) in [6, 6.07) is 4.49. The molecule has 0 aliphatic rings. The number of nitrogens with zero attached hydrogens (tertiary/aromatic N) is 1. The van der Waals surface area contributed by atoms with Gasteiger partial charge in [-0.15, -0.1) is 0 Å². The van der Waals surface area contributed by atoms with Crippen LogP contribution in [0.4, 0.5) is 57.1 Å². The molecule has 3 rings (SSSR count). The van der Waals surface area contributed by atoms with E-state index in [0.717, 1.165) is 12.1 Å². The molecule has 0 amide bonds. The minimum absolute atomic E-state index is 0.00515. The molecule has 0 spiro atoms. The number of alkyl halides is 10. The molecule has 0 radical (unpaired) electrons. The maximum absolute atomic E-state index is 14.4. The smallest absolute Gasteiger partial charge is 0.398 e. The predicted octanol–water partition coefficient (Wildman–Crippen LogP) is 7.80. The molecule has 37 heavy (non-hydrogen) atoms. The number of H-pyrrole nitrogens is 1. The molecule has 0 bridgehead atoms. The average Bonchev–Trinajstić information content (AvgIpc) is 3.22. The molecule has 1 aromatic heterocycles. The molecule has 1 heterocycles. The van der Waals surface area contributed by atoms with E-state index in [2.05, 4.69) is 19.4 Å². The molecule has 1 N–H and O–H groups in total. The Hall–Kier alpha value is -3.50. The molecule has 1 atom stereocenters. The first-order valence-electron chi connectivity index (χ1n) is 9.37. The highest BCUT2D eigenvalue weighted by Crippen LogP contribution is 2.54. The van der Waals surface area contributed by atoms with Gasteiger partial charge in [-0.05, 0) is 12.1 Å². The first kappa shape index (κ1) is 28.1. The Morgan fingerprint density at radius 2 is 1.30 bits per heavy atom. The molecule has 17 heteroatoms. The lowest BCUT2D eigenvalue weighted by Gasteiger charge is -2.37. The van der Waals surface area contributed by atoms with E-state index < -0.39 is 47.8 Å². The fraction of sp³-hybridized carbons (Fsp3) is 0.250. The van der Waals surface area contributed by atoms with E-state index in [1.54, 1.807) is 24.3 Å². The second kappa shape index (κ2) is 9.11. The summed E-state index contributed by atoms with van der Waals surface area (Å²) < 4.78 is 178. The third kappa shape index (κ3) is 5.03. The number of fused-ring (bicyclic) bond motifs is 1. The number of rotatable bonds is 8. The standard InChI is InChI=1S/C20H9F13N2O2/c21-13(22)14(23)36-20(32,33)17(26,18(27,28)29)37-19(30,31)16(24,25)10-7-5-9(6-8-10)15-34-11-3-1-2-4-12(11)35-15/h1-8H,(H,34,35). The highest BCUT2D eigenvalue weighted by Gasteiger charge is 2.81. The largest absolute Gasteiger partial charge is 0.471 e. The third-order valence-corrected chi connectivity index (χ3v) is 4.65. The second-order valence-corrected chi connectivity index (χ2v) is 7.12. The van der Waals surface area contributed by atoms with E-state index in [-0.39, 0.29) is 23.5 Å². The Balaban J connectivity index is 1.95. The molecule has 0 aliphatic heterocycles. The number of imidazole rings is 1. The monoisotopic (exact) mass is 556 g/mol. The van der Waals surface area contributed by atoms with E-state index in [4.69, 9.17) is 0 Å². The molecule has 2 aromatic carbocycles. The summed E-state index contributed by atoms with van der Waals surface area (Å²) in [7, 11) is 0. The Kier molecular flexibility index (Phi) is 6.91. The van der Waals surface area contributed by atoms with Gasteiger partial charge in [0.1, 0.15) is 5.82 Å². The van der Waals surface area contributed by atoms with Crippen molar-refractivity contribution in [3.8, 4) is 11.4 Å². The lowest BCUT2D eigenvalue weighted by Crippen LogP contribution is -2.62. The van der Waals surface area contributed by atoms with Gasteiger partial charge in [-0.25, -0.2) is 4.98 Å². The molecule has 4 nitrogen and oxygen atoms in total. The molecular weight excluding hydrogens is 547 g/mol. The summed E-state index contributed by atoms with van der Waals surface area (Å²) in [6.07, 6.45) is -24.9. The topological polar surface area (TPSA) is 47.1 Å². The van der Waals surface area contributed by atoms with Crippen LogP contribution < -0.4 is 0 Å². The van der Waals surface area contributed by atoms with E-state index in [0.29, 0.717) is 11.0 Å². The fourth-order valence-electron chi connectivity index (χ4n) is 2.83. The molecule has 202 valence electrons. The van der Waals surface area contributed by atoms with Gasteiger partial charge < -0.3 is 9.72 Å². The predicted molar refractivity (Wildman–Crippen MR) is 97.7 cm³/mol. The summed E-state index contributed by atoms with van der Waals surface area (Å²) in [6.45, 7) is 0. The summed E-state index contributed by atoms with van der Waals surface area (Å²) in [5, 5.41) is 0. The normalized spacial score (nSPS) is 14.9. The van der Waals surface area contributed by atoms with E-state index in [1.807, 2.05) is 0 Å². The molecular formula is C20H9F13N2O2. The quantitative estimate of drug-likeness (QED) is 0.228. The lowest BCUT2D eigenvalue weighted by molar-refractivity contribution is -0.518. The Morgan fingerprint density at radius 1 is 0.730 bits per heavy atom. The maximum atomic E-state index is 14.4. The van der Waals surface area contributed by atoms with Crippen molar-refractivity contribution >= 4 is 11.0 Å². The van der Waals surface area contributed by atoms with Gasteiger partial charge in [0, 0.05) is 11.1 Å². The average molecular weight is 556 g/mol. The SMILES string of the molecule is FC(F)=C(F)OC(F)(F)C(F)(OC(F)(F)C(F)(F)c1ccc(-c2nc3ccccc3[nH]2)cc1)C(F)(F)F. The minimum atomic E-state index is -7.33. The first-order chi connectivity index (χ1) is 16.8. The number of ether oxygens (including phenoxy) is 2. The van der Waals surface area contributed by atoms with Gasteiger partial charge in [0.15, 0.2) is 0 Å². The zero-order valence-corrected chi connectivity index (χ0v) is 17.3. The van der Waals surface area contributed by atoms with Crippen molar-refractivity contribution in [1.82, 2.24) is 9.97 Å². The van der Waals surface area contributed by atoms with Crippen LogP contribution in [0.3, 0.4) is 0 Å². The molecule has 0 saturated heterocycles. The fourth-order valence-corrected chi connectivity index (χ4v) is 2.83. The molecule has 0 aliphatic carbocycles. The van der Waals surface area contributed by atoms with Crippen molar-refractivity contribution in [2.75, 3.05) is 0 Å². The molecule has 0 saturated carbocycles. The van der Waals surface area contributed by atoms with Gasteiger partial charge in [-0.3, -0.25) is 4.74 Å². The van der Waals surface area contributed by atoms with Crippen LogP contribution in [-0.4, -0.2) is 34.2 Å². The van der Waals surface area contributed by atoms with Crippen molar-refractivity contribution in [2.45, 2.75) is 30.2 Å². The van der Waals surface area contributed by atoms with Crippen molar-refractivity contribution < 1.29 is 66.5 Å². The van der Waals surface area contributed by atoms with Crippen LogP contribution >= 0.6 is 0 Å². The van der Waals surface area contributed by atoms with Crippen LogP contribution in [0, 0.1) is 0 Å². The van der Waals surface area contributed by atoms with Crippen LogP contribution in [0.2, 0.25) is 0 Å². The van der Waals surface area contributed by atoms with Gasteiger partial charge >= 0.3 is 42.3 Å². The number of nitrogens with one attached hydrogen (secondary N) is 1. The zero-order chi connectivity index (χ0) is 28.0. The van der Waals surface area contributed by atoms with E-state index >= 15 is 0 Å². The van der Waals surface area contributed by atoms with E-state index in [1.165, 1.54) is 0 Å². The Morgan fingerprint density at radius 3 is 1.81 bits per heavy atom. The summed E-state index contributed by atoms with van der Waals surface area (Å²) in [4.78, 5) is 6.84. The number of halogens is 13. The molecule has 1 unspecified atom stereocenters. The summed E-state index contributed by atoms with van der Waals surface area (Å²) in [5.74, 6) is -13.1.